The number of hydrogen-bond acceptors (Lipinski definition) is 4. The van der Waals surface area contributed by atoms with E-state index in [1.165, 1.54) is 19.3 Å². The molecule has 2 rings (SSSR count). The van der Waals surface area contributed by atoms with Gasteiger partial charge in [0.2, 0.25) is 0 Å². The van der Waals surface area contributed by atoms with Crippen molar-refractivity contribution in [2.75, 3.05) is 26.7 Å². The van der Waals surface area contributed by atoms with E-state index < -0.39 is 0 Å². The Morgan fingerprint density at radius 3 is 3.05 bits per heavy atom. The molecule has 4 nitrogen and oxygen atoms in total. The van der Waals surface area contributed by atoms with Crippen LogP contribution in [0.1, 0.15) is 31.9 Å². The molecule has 1 saturated heterocycles. The summed E-state index contributed by atoms with van der Waals surface area (Å²) in [6.07, 6.45) is 5.87. The van der Waals surface area contributed by atoms with Gasteiger partial charge in [-0.3, -0.25) is 4.90 Å². The second kappa shape index (κ2) is 7.68. The van der Waals surface area contributed by atoms with E-state index in [4.69, 9.17) is 9.15 Å². The van der Waals surface area contributed by atoms with Gasteiger partial charge in [-0.1, -0.05) is 0 Å². The van der Waals surface area contributed by atoms with Crippen LogP contribution in [0.3, 0.4) is 0 Å². The van der Waals surface area contributed by atoms with E-state index in [2.05, 4.69) is 24.2 Å². The van der Waals surface area contributed by atoms with E-state index in [1.54, 1.807) is 6.26 Å². The summed E-state index contributed by atoms with van der Waals surface area (Å²) in [6, 6.07) is 4.42. The van der Waals surface area contributed by atoms with Gasteiger partial charge in [0.15, 0.2) is 0 Å². The molecule has 0 saturated carbocycles. The molecule has 0 spiro atoms. The molecule has 2 heterocycles. The normalized spacial score (nSPS) is 21.7. The zero-order valence-corrected chi connectivity index (χ0v) is 12.1. The third-order valence-electron chi connectivity index (χ3n) is 3.84. The van der Waals surface area contributed by atoms with Gasteiger partial charge in [-0.15, -0.1) is 0 Å². The van der Waals surface area contributed by atoms with Crippen LogP contribution in [-0.4, -0.2) is 43.8 Å². The minimum Gasteiger partial charge on any atom is -0.468 e. The van der Waals surface area contributed by atoms with Crippen molar-refractivity contribution in [1.82, 2.24) is 10.2 Å². The van der Waals surface area contributed by atoms with Gasteiger partial charge in [0.25, 0.3) is 0 Å². The van der Waals surface area contributed by atoms with Crippen molar-refractivity contribution >= 4 is 0 Å². The van der Waals surface area contributed by atoms with Crippen LogP contribution in [0.4, 0.5) is 0 Å². The van der Waals surface area contributed by atoms with E-state index in [0.717, 1.165) is 32.0 Å². The van der Waals surface area contributed by atoms with Gasteiger partial charge in [-0.05, 0) is 45.4 Å². The fourth-order valence-electron chi connectivity index (χ4n) is 2.43. The van der Waals surface area contributed by atoms with Crippen LogP contribution in [0.2, 0.25) is 0 Å². The molecule has 0 aromatic carbocycles. The quantitative estimate of drug-likeness (QED) is 0.821. The van der Waals surface area contributed by atoms with Gasteiger partial charge in [-0.2, -0.15) is 0 Å². The molecule has 19 heavy (non-hydrogen) atoms. The van der Waals surface area contributed by atoms with E-state index in [-0.39, 0.29) is 0 Å². The first kappa shape index (κ1) is 14.6. The molecule has 1 N–H and O–H groups in total. The second-order valence-electron chi connectivity index (χ2n) is 5.49. The Morgan fingerprint density at radius 2 is 2.37 bits per heavy atom. The summed E-state index contributed by atoms with van der Waals surface area (Å²) < 4.78 is 11.1. The average molecular weight is 266 g/mol. The lowest BCUT2D eigenvalue weighted by atomic mass is 10.1. The van der Waals surface area contributed by atoms with Crippen molar-refractivity contribution in [3.63, 3.8) is 0 Å². The van der Waals surface area contributed by atoms with Gasteiger partial charge in [0.05, 0.1) is 18.9 Å². The Hall–Kier alpha value is -0.840. The highest BCUT2D eigenvalue weighted by Gasteiger charge is 2.18. The smallest absolute Gasteiger partial charge is 0.117 e. The first-order valence-corrected chi connectivity index (χ1v) is 7.30. The van der Waals surface area contributed by atoms with Crippen LogP contribution in [0.25, 0.3) is 0 Å². The SMILES string of the molecule is CC(CNCc1ccco1)N(C)CC1CCCCO1. The van der Waals surface area contributed by atoms with Crippen molar-refractivity contribution in [3.05, 3.63) is 24.2 Å². The summed E-state index contributed by atoms with van der Waals surface area (Å²) in [5.41, 5.74) is 0. The number of furan rings is 1. The van der Waals surface area contributed by atoms with Crippen molar-refractivity contribution in [1.29, 1.82) is 0 Å². The van der Waals surface area contributed by atoms with E-state index in [9.17, 15) is 0 Å². The molecule has 4 heteroatoms. The summed E-state index contributed by atoms with van der Waals surface area (Å²) in [5, 5.41) is 3.43. The van der Waals surface area contributed by atoms with Crippen molar-refractivity contribution in [2.45, 2.75) is 44.9 Å². The molecule has 0 amide bonds. The molecule has 1 aromatic rings. The maximum Gasteiger partial charge on any atom is 0.117 e. The lowest BCUT2D eigenvalue weighted by Crippen LogP contribution is -2.42. The summed E-state index contributed by atoms with van der Waals surface area (Å²) in [7, 11) is 2.18. The summed E-state index contributed by atoms with van der Waals surface area (Å²) >= 11 is 0. The third-order valence-corrected chi connectivity index (χ3v) is 3.84. The fourth-order valence-corrected chi connectivity index (χ4v) is 2.43. The molecule has 1 aliphatic heterocycles. The van der Waals surface area contributed by atoms with Crippen molar-refractivity contribution < 1.29 is 9.15 Å². The molecule has 1 aromatic heterocycles. The van der Waals surface area contributed by atoms with Crippen LogP contribution in [0, 0.1) is 0 Å². The lowest BCUT2D eigenvalue weighted by Gasteiger charge is -2.31. The topological polar surface area (TPSA) is 37.6 Å². The van der Waals surface area contributed by atoms with E-state index in [1.807, 2.05) is 12.1 Å². The molecule has 2 atom stereocenters. The fraction of sp³-hybridized carbons (Fsp3) is 0.733. The molecule has 0 bridgehead atoms. The van der Waals surface area contributed by atoms with Crippen LogP contribution in [0.15, 0.2) is 22.8 Å². The zero-order valence-electron chi connectivity index (χ0n) is 12.1. The molecule has 108 valence electrons. The minimum atomic E-state index is 0.422. The zero-order chi connectivity index (χ0) is 13.5. The van der Waals surface area contributed by atoms with Gasteiger partial charge in [0.1, 0.15) is 5.76 Å². The number of rotatable bonds is 7. The van der Waals surface area contributed by atoms with Crippen LogP contribution < -0.4 is 5.32 Å². The predicted molar refractivity (Wildman–Crippen MR) is 76.1 cm³/mol. The first-order valence-electron chi connectivity index (χ1n) is 7.30. The summed E-state index contributed by atoms with van der Waals surface area (Å²) in [4.78, 5) is 2.38. The first-order chi connectivity index (χ1) is 9.25. The predicted octanol–water partition coefficient (Wildman–Crippen LogP) is 2.26. The summed E-state index contributed by atoms with van der Waals surface area (Å²) in [6.45, 7) is 5.97. The third kappa shape index (κ3) is 4.97. The molecule has 1 aliphatic rings. The van der Waals surface area contributed by atoms with Gasteiger partial charge in [0, 0.05) is 25.7 Å². The Kier molecular flexibility index (Phi) is 5.89. The highest BCUT2D eigenvalue weighted by atomic mass is 16.5. The van der Waals surface area contributed by atoms with Crippen molar-refractivity contribution in [3.8, 4) is 0 Å². The maximum atomic E-state index is 5.79. The average Bonchev–Trinajstić information content (AvgIpc) is 2.93. The minimum absolute atomic E-state index is 0.422. The van der Waals surface area contributed by atoms with Crippen LogP contribution in [-0.2, 0) is 11.3 Å². The largest absolute Gasteiger partial charge is 0.468 e. The Balaban J connectivity index is 1.62. The number of nitrogens with zero attached hydrogens (tertiary/aromatic N) is 1. The Bertz CT molecular complexity index is 334. The number of ether oxygens (including phenoxy) is 1. The summed E-state index contributed by atoms with van der Waals surface area (Å²) in [5.74, 6) is 0.991. The van der Waals surface area contributed by atoms with Gasteiger partial charge < -0.3 is 14.5 Å². The lowest BCUT2D eigenvalue weighted by molar-refractivity contribution is -0.00692. The Labute approximate surface area is 116 Å². The molecule has 1 fully saturated rings. The Morgan fingerprint density at radius 1 is 1.47 bits per heavy atom. The highest BCUT2D eigenvalue weighted by Crippen LogP contribution is 2.14. The monoisotopic (exact) mass is 266 g/mol. The van der Waals surface area contributed by atoms with E-state index >= 15 is 0 Å². The molecular weight excluding hydrogens is 240 g/mol. The molecule has 0 aliphatic carbocycles. The van der Waals surface area contributed by atoms with Crippen LogP contribution >= 0.6 is 0 Å². The molecular formula is C15H26N2O2. The maximum absolute atomic E-state index is 5.79. The molecule has 2 unspecified atom stereocenters. The highest BCUT2D eigenvalue weighted by molar-refractivity contribution is 4.97. The van der Waals surface area contributed by atoms with Crippen LogP contribution in [0.5, 0.6) is 0 Å². The standard InChI is InChI=1S/C15H26N2O2/c1-13(10-16-11-14-7-5-9-18-14)17(2)12-15-6-3-4-8-19-15/h5,7,9,13,15-16H,3-4,6,8,10-12H2,1-2H3. The number of hydrogen-bond donors (Lipinski definition) is 1. The van der Waals surface area contributed by atoms with E-state index in [0.29, 0.717) is 12.1 Å². The molecule has 0 radical (unpaired) electrons. The number of nitrogens with one attached hydrogen (secondary N) is 1. The van der Waals surface area contributed by atoms with Crippen molar-refractivity contribution in [2.24, 2.45) is 0 Å². The van der Waals surface area contributed by atoms with Gasteiger partial charge >= 0.3 is 0 Å². The van der Waals surface area contributed by atoms with Gasteiger partial charge in [-0.25, -0.2) is 0 Å². The number of likely N-dealkylation sites (N-methyl/N-ethyl adjacent to an activating group) is 1. The second-order valence-corrected chi connectivity index (χ2v) is 5.49.